The lowest BCUT2D eigenvalue weighted by Crippen LogP contribution is -2.13. The van der Waals surface area contributed by atoms with Crippen molar-refractivity contribution in [1.29, 1.82) is 0 Å². The number of aromatic nitrogens is 1. The van der Waals surface area contributed by atoms with E-state index >= 15 is 0 Å². The van der Waals surface area contributed by atoms with Crippen LogP contribution in [0.5, 0.6) is 0 Å². The summed E-state index contributed by atoms with van der Waals surface area (Å²) in [7, 11) is 1.64. The molecule has 1 heterocycles. The molecule has 1 aromatic heterocycles. The summed E-state index contributed by atoms with van der Waals surface area (Å²) in [6, 6.07) is 6.53. The van der Waals surface area contributed by atoms with Gasteiger partial charge in [-0.25, -0.2) is 0 Å². The SMILES string of the molecule is Cn1c(CCN)c(C(F)(F)F)c2ccccc21. The van der Waals surface area contributed by atoms with Crippen LogP contribution in [0.1, 0.15) is 11.3 Å². The topological polar surface area (TPSA) is 30.9 Å². The summed E-state index contributed by atoms with van der Waals surface area (Å²) in [6.45, 7) is 0.202. The average Bonchev–Trinajstić information content (AvgIpc) is 2.53. The largest absolute Gasteiger partial charge is 0.418 e. The molecule has 0 saturated carbocycles. The summed E-state index contributed by atoms with van der Waals surface area (Å²) in [5, 5.41) is 0.242. The van der Waals surface area contributed by atoms with Crippen molar-refractivity contribution in [3.8, 4) is 0 Å². The van der Waals surface area contributed by atoms with Crippen molar-refractivity contribution in [1.82, 2.24) is 4.57 Å². The Morgan fingerprint density at radius 1 is 1.24 bits per heavy atom. The summed E-state index contributed by atoms with van der Waals surface area (Å²) in [4.78, 5) is 0. The normalized spacial score (nSPS) is 12.3. The minimum atomic E-state index is -4.34. The summed E-state index contributed by atoms with van der Waals surface area (Å²) in [5.41, 5.74) is 5.67. The molecule has 0 amide bonds. The Morgan fingerprint density at radius 2 is 1.88 bits per heavy atom. The first kappa shape index (κ1) is 12.0. The van der Waals surface area contributed by atoms with Crippen LogP contribution in [0, 0.1) is 0 Å². The fraction of sp³-hybridized carbons (Fsp3) is 0.333. The van der Waals surface area contributed by atoms with Gasteiger partial charge in [-0.3, -0.25) is 0 Å². The Hall–Kier alpha value is -1.49. The van der Waals surface area contributed by atoms with Gasteiger partial charge in [0.2, 0.25) is 0 Å². The van der Waals surface area contributed by atoms with Crippen LogP contribution in [0.25, 0.3) is 10.9 Å². The van der Waals surface area contributed by atoms with Crippen molar-refractivity contribution in [3.05, 3.63) is 35.5 Å². The fourth-order valence-electron chi connectivity index (χ4n) is 2.19. The molecule has 0 aliphatic carbocycles. The highest BCUT2D eigenvalue weighted by atomic mass is 19.4. The number of hydrogen-bond acceptors (Lipinski definition) is 1. The lowest BCUT2D eigenvalue weighted by atomic mass is 10.1. The molecular formula is C12H13F3N2. The van der Waals surface area contributed by atoms with Gasteiger partial charge in [-0.2, -0.15) is 13.2 Å². The second kappa shape index (κ2) is 4.07. The number of nitrogens with two attached hydrogens (primary N) is 1. The molecule has 0 atom stereocenters. The zero-order valence-corrected chi connectivity index (χ0v) is 9.38. The highest BCUT2D eigenvalue weighted by Gasteiger charge is 2.37. The third kappa shape index (κ3) is 1.91. The van der Waals surface area contributed by atoms with Gasteiger partial charge in [-0.05, 0) is 12.6 Å². The molecule has 0 spiro atoms. The number of benzene rings is 1. The highest BCUT2D eigenvalue weighted by molar-refractivity contribution is 5.86. The van der Waals surface area contributed by atoms with Crippen molar-refractivity contribution in [2.75, 3.05) is 6.54 Å². The Labute approximate surface area is 96.8 Å². The Morgan fingerprint density at radius 3 is 2.47 bits per heavy atom. The maximum Gasteiger partial charge on any atom is 0.418 e. The standard InChI is InChI=1S/C12H13F3N2/c1-17-9-5-3-2-4-8(9)11(12(13,14)15)10(17)6-7-16/h2-5H,6-7,16H2,1H3. The molecule has 0 fully saturated rings. The van der Waals surface area contributed by atoms with E-state index in [2.05, 4.69) is 0 Å². The first-order valence-corrected chi connectivity index (χ1v) is 5.30. The smallest absolute Gasteiger partial charge is 0.347 e. The summed E-state index contributed by atoms with van der Waals surface area (Å²) in [6.07, 6.45) is -4.12. The fourth-order valence-corrected chi connectivity index (χ4v) is 2.19. The minimum Gasteiger partial charge on any atom is -0.347 e. The van der Waals surface area contributed by atoms with Crippen molar-refractivity contribution in [2.45, 2.75) is 12.6 Å². The maximum absolute atomic E-state index is 13.1. The van der Waals surface area contributed by atoms with Crippen LogP contribution in [0.2, 0.25) is 0 Å². The Balaban J connectivity index is 2.81. The van der Waals surface area contributed by atoms with Crippen molar-refractivity contribution in [3.63, 3.8) is 0 Å². The van der Waals surface area contributed by atoms with Crippen LogP contribution in [-0.2, 0) is 19.6 Å². The quantitative estimate of drug-likeness (QED) is 0.862. The molecule has 5 heteroatoms. The van der Waals surface area contributed by atoms with Gasteiger partial charge in [0.1, 0.15) is 0 Å². The van der Waals surface area contributed by atoms with Crippen LogP contribution >= 0.6 is 0 Å². The number of fused-ring (bicyclic) bond motifs is 1. The third-order valence-electron chi connectivity index (χ3n) is 2.89. The highest BCUT2D eigenvalue weighted by Crippen LogP contribution is 2.38. The Bertz CT molecular complexity index is 540. The maximum atomic E-state index is 13.1. The lowest BCUT2D eigenvalue weighted by molar-refractivity contribution is -0.137. The molecule has 0 unspecified atom stereocenters. The molecule has 0 aliphatic heterocycles. The van der Waals surface area contributed by atoms with Gasteiger partial charge in [0.15, 0.2) is 0 Å². The van der Waals surface area contributed by atoms with E-state index in [-0.39, 0.29) is 24.0 Å². The van der Waals surface area contributed by atoms with Gasteiger partial charge >= 0.3 is 6.18 Å². The average molecular weight is 242 g/mol. The molecule has 92 valence electrons. The monoisotopic (exact) mass is 242 g/mol. The number of para-hydroxylation sites is 1. The molecule has 2 rings (SSSR count). The van der Waals surface area contributed by atoms with Gasteiger partial charge in [-0.1, -0.05) is 18.2 Å². The van der Waals surface area contributed by atoms with E-state index in [0.29, 0.717) is 5.52 Å². The zero-order valence-electron chi connectivity index (χ0n) is 9.38. The molecule has 0 saturated heterocycles. The molecule has 2 N–H and O–H groups in total. The minimum absolute atomic E-state index is 0.202. The molecule has 0 aliphatic rings. The van der Waals surface area contributed by atoms with E-state index in [0.717, 1.165) is 0 Å². The zero-order chi connectivity index (χ0) is 12.6. The number of halogens is 3. The van der Waals surface area contributed by atoms with E-state index in [4.69, 9.17) is 5.73 Å². The van der Waals surface area contributed by atoms with Crippen molar-refractivity contribution in [2.24, 2.45) is 12.8 Å². The van der Waals surface area contributed by atoms with Crippen LogP contribution in [-0.4, -0.2) is 11.1 Å². The Kier molecular flexibility index (Phi) is 2.87. The molecule has 0 bridgehead atoms. The summed E-state index contributed by atoms with van der Waals surface area (Å²) in [5.74, 6) is 0. The molecular weight excluding hydrogens is 229 g/mol. The summed E-state index contributed by atoms with van der Waals surface area (Å²) >= 11 is 0. The molecule has 17 heavy (non-hydrogen) atoms. The van der Waals surface area contributed by atoms with Gasteiger partial charge in [0, 0.05) is 30.1 Å². The lowest BCUT2D eigenvalue weighted by Gasteiger charge is -2.09. The molecule has 2 nitrogen and oxygen atoms in total. The molecule has 1 aromatic carbocycles. The first-order chi connectivity index (χ1) is 7.96. The number of hydrogen-bond donors (Lipinski definition) is 1. The van der Waals surface area contributed by atoms with Gasteiger partial charge in [0.25, 0.3) is 0 Å². The van der Waals surface area contributed by atoms with Crippen LogP contribution in [0.4, 0.5) is 13.2 Å². The number of aryl methyl sites for hydroxylation is 1. The van der Waals surface area contributed by atoms with Crippen LogP contribution < -0.4 is 5.73 Å². The van der Waals surface area contributed by atoms with Crippen molar-refractivity contribution >= 4 is 10.9 Å². The second-order valence-electron chi connectivity index (χ2n) is 3.93. The molecule has 0 radical (unpaired) electrons. The van der Waals surface area contributed by atoms with E-state index < -0.39 is 11.7 Å². The predicted octanol–water partition coefficient (Wildman–Crippen LogP) is 2.70. The number of nitrogens with zero attached hydrogens (tertiary/aromatic N) is 1. The first-order valence-electron chi connectivity index (χ1n) is 5.30. The van der Waals surface area contributed by atoms with Crippen molar-refractivity contribution < 1.29 is 13.2 Å². The van der Waals surface area contributed by atoms with Gasteiger partial charge in [-0.15, -0.1) is 0 Å². The van der Waals surface area contributed by atoms with E-state index in [1.165, 1.54) is 6.07 Å². The molecule has 2 aromatic rings. The third-order valence-corrected chi connectivity index (χ3v) is 2.89. The second-order valence-corrected chi connectivity index (χ2v) is 3.93. The van der Waals surface area contributed by atoms with Crippen LogP contribution in [0.3, 0.4) is 0 Å². The summed E-state index contributed by atoms with van der Waals surface area (Å²) < 4.78 is 40.8. The predicted molar refractivity (Wildman–Crippen MR) is 60.7 cm³/mol. The van der Waals surface area contributed by atoms with Gasteiger partial charge < -0.3 is 10.3 Å². The van der Waals surface area contributed by atoms with E-state index in [1.54, 1.807) is 29.8 Å². The van der Waals surface area contributed by atoms with E-state index in [9.17, 15) is 13.2 Å². The van der Waals surface area contributed by atoms with E-state index in [1.807, 2.05) is 0 Å². The van der Waals surface area contributed by atoms with Crippen LogP contribution in [0.15, 0.2) is 24.3 Å². The van der Waals surface area contributed by atoms with Gasteiger partial charge in [0.05, 0.1) is 5.56 Å². The number of rotatable bonds is 2. The number of alkyl halides is 3.